The predicted molar refractivity (Wildman–Crippen MR) is 52.3 cm³/mol. The second kappa shape index (κ2) is 5.84. The Morgan fingerprint density at radius 2 is 1.91 bits per heavy atom. The molecule has 0 saturated carbocycles. The van der Waals surface area contributed by atoms with Crippen LogP contribution in [0.5, 0.6) is 0 Å². The topological polar surface area (TPSA) is 3.24 Å². The van der Waals surface area contributed by atoms with Gasteiger partial charge in [-0.25, -0.2) is 0 Å². The molecule has 0 fully saturated rings. The summed E-state index contributed by atoms with van der Waals surface area (Å²) in [4.78, 5) is 2.36. The van der Waals surface area contributed by atoms with Crippen molar-refractivity contribution in [1.29, 1.82) is 0 Å². The van der Waals surface area contributed by atoms with E-state index < -0.39 is 0 Å². The van der Waals surface area contributed by atoms with Gasteiger partial charge in [0, 0.05) is 11.4 Å². The molecular formula is C9H20ClN. The quantitative estimate of drug-likeness (QED) is 0.584. The Morgan fingerprint density at radius 3 is 2.27 bits per heavy atom. The Morgan fingerprint density at radius 1 is 1.36 bits per heavy atom. The summed E-state index contributed by atoms with van der Waals surface area (Å²) in [5, 5.41) is 0.307. The van der Waals surface area contributed by atoms with Crippen molar-refractivity contribution in [3.8, 4) is 0 Å². The number of rotatable bonds is 5. The van der Waals surface area contributed by atoms with E-state index in [1.807, 2.05) is 6.92 Å². The SMILES string of the molecule is CCC(C)N(C)CCC(C)Cl. The molecule has 2 atom stereocenters. The number of alkyl halides is 1. The molecule has 0 N–H and O–H groups in total. The molecule has 1 nitrogen and oxygen atoms in total. The first-order valence-electron chi connectivity index (χ1n) is 4.42. The van der Waals surface area contributed by atoms with Gasteiger partial charge in [0.25, 0.3) is 0 Å². The molecule has 0 spiro atoms. The Balaban J connectivity index is 3.43. The van der Waals surface area contributed by atoms with E-state index in [9.17, 15) is 0 Å². The zero-order chi connectivity index (χ0) is 8.85. The fourth-order valence-corrected chi connectivity index (χ4v) is 1.01. The first-order chi connectivity index (χ1) is 5.07. The Labute approximate surface area is 75.7 Å². The maximum absolute atomic E-state index is 5.84. The van der Waals surface area contributed by atoms with Crippen LogP contribution in [-0.4, -0.2) is 29.9 Å². The van der Waals surface area contributed by atoms with Crippen molar-refractivity contribution in [2.45, 2.75) is 45.0 Å². The molecule has 0 heterocycles. The summed E-state index contributed by atoms with van der Waals surface area (Å²) in [5.74, 6) is 0. The first-order valence-corrected chi connectivity index (χ1v) is 4.85. The van der Waals surface area contributed by atoms with Crippen LogP contribution in [0.25, 0.3) is 0 Å². The molecule has 0 aliphatic heterocycles. The van der Waals surface area contributed by atoms with Crippen LogP contribution in [0.1, 0.15) is 33.6 Å². The van der Waals surface area contributed by atoms with Gasteiger partial charge in [-0.2, -0.15) is 0 Å². The van der Waals surface area contributed by atoms with Gasteiger partial charge in [-0.1, -0.05) is 6.92 Å². The van der Waals surface area contributed by atoms with E-state index >= 15 is 0 Å². The summed E-state index contributed by atoms with van der Waals surface area (Å²) in [6.07, 6.45) is 2.30. The minimum Gasteiger partial charge on any atom is -0.304 e. The van der Waals surface area contributed by atoms with Gasteiger partial charge in [0.2, 0.25) is 0 Å². The van der Waals surface area contributed by atoms with Crippen LogP contribution < -0.4 is 0 Å². The molecule has 11 heavy (non-hydrogen) atoms. The van der Waals surface area contributed by atoms with Crippen LogP contribution in [0.2, 0.25) is 0 Å². The Bertz CT molecular complexity index is 93.6. The average molecular weight is 178 g/mol. The van der Waals surface area contributed by atoms with Crippen LogP contribution in [0.15, 0.2) is 0 Å². The third kappa shape index (κ3) is 5.51. The molecule has 0 aromatic heterocycles. The minimum absolute atomic E-state index is 0.307. The fraction of sp³-hybridized carbons (Fsp3) is 1.00. The van der Waals surface area contributed by atoms with E-state index in [0.717, 1.165) is 13.0 Å². The maximum Gasteiger partial charge on any atom is 0.0320 e. The molecule has 2 heteroatoms. The number of hydrogen-bond acceptors (Lipinski definition) is 1. The van der Waals surface area contributed by atoms with Gasteiger partial charge in [-0.15, -0.1) is 11.6 Å². The third-order valence-electron chi connectivity index (χ3n) is 2.22. The van der Waals surface area contributed by atoms with Crippen LogP contribution in [0.4, 0.5) is 0 Å². The van der Waals surface area contributed by atoms with Gasteiger partial charge < -0.3 is 4.90 Å². The lowest BCUT2D eigenvalue weighted by Gasteiger charge is -2.23. The summed E-state index contributed by atoms with van der Waals surface area (Å²) in [6.45, 7) is 7.62. The number of halogens is 1. The summed E-state index contributed by atoms with van der Waals surface area (Å²) in [6, 6.07) is 0.686. The second-order valence-corrected chi connectivity index (χ2v) is 4.05. The van der Waals surface area contributed by atoms with Gasteiger partial charge in [0.05, 0.1) is 0 Å². The molecule has 0 aliphatic rings. The first kappa shape index (κ1) is 11.2. The highest BCUT2D eigenvalue weighted by Crippen LogP contribution is 2.05. The molecule has 0 aliphatic carbocycles. The molecular weight excluding hydrogens is 158 g/mol. The van der Waals surface area contributed by atoms with Crippen LogP contribution in [0.3, 0.4) is 0 Å². The number of hydrogen-bond donors (Lipinski definition) is 0. The van der Waals surface area contributed by atoms with Crippen molar-refractivity contribution in [2.24, 2.45) is 0 Å². The monoisotopic (exact) mass is 177 g/mol. The normalized spacial score (nSPS) is 16.9. The van der Waals surface area contributed by atoms with Crippen molar-refractivity contribution in [2.75, 3.05) is 13.6 Å². The standard InChI is InChI=1S/C9H20ClN/c1-5-9(3)11(4)7-6-8(2)10/h8-9H,5-7H2,1-4H3. The third-order valence-corrected chi connectivity index (χ3v) is 2.44. The zero-order valence-electron chi connectivity index (χ0n) is 8.10. The van der Waals surface area contributed by atoms with E-state index in [4.69, 9.17) is 11.6 Å². The molecule has 0 aromatic rings. The summed E-state index contributed by atoms with van der Waals surface area (Å²) in [7, 11) is 2.16. The Kier molecular flexibility index (Phi) is 5.98. The smallest absolute Gasteiger partial charge is 0.0320 e. The maximum atomic E-state index is 5.84. The molecule has 68 valence electrons. The molecule has 0 rings (SSSR count). The highest BCUT2D eigenvalue weighted by Gasteiger charge is 2.06. The summed E-state index contributed by atoms with van der Waals surface area (Å²) in [5.41, 5.74) is 0. The largest absolute Gasteiger partial charge is 0.304 e. The average Bonchev–Trinajstić information content (AvgIpc) is 1.98. The van der Waals surface area contributed by atoms with Gasteiger partial charge in [0.1, 0.15) is 0 Å². The van der Waals surface area contributed by atoms with E-state index in [1.165, 1.54) is 6.42 Å². The molecule has 0 bridgehead atoms. The highest BCUT2D eigenvalue weighted by atomic mass is 35.5. The van der Waals surface area contributed by atoms with E-state index in [2.05, 4.69) is 25.8 Å². The summed E-state index contributed by atoms with van der Waals surface area (Å²) >= 11 is 5.84. The second-order valence-electron chi connectivity index (χ2n) is 3.31. The van der Waals surface area contributed by atoms with Crippen molar-refractivity contribution >= 4 is 11.6 Å². The van der Waals surface area contributed by atoms with Gasteiger partial charge in [-0.3, -0.25) is 0 Å². The Hall–Kier alpha value is 0.250. The van der Waals surface area contributed by atoms with Gasteiger partial charge >= 0.3 is 0 Å². The molecule has 0 amide bonds. The fourth-order valence-electron chi connectivity index (χ4n) is 0.914. The van der Waals surface area contributed by atoms with Crippen LogP contribution >= 0.6 is 11.6 Å². The molecule has 0 aromatic carbocycles. The zero-order valence-corrected chi connectivity index (χ0v) is 8.86. The van der Waals surface area contributed by atoms with Gasteiger partial charge in [-0.05, 0) is 40.3 Å². The van der Waals surface area contributed by atoms with Crippen LogP contribution in [-0.2, 0) is 0 Å². The summed E-state index contributed by atoms with van der Waals surface area (Å²) < 4.78 is 0. The van der Waals surface area contributed by atoms with E-state index in [1.54, 1.807) is 0 Å². The van der Waals surface area contributed by atoms with E-state index in [0.29, 0.717) is 11.4 Å². The van der Waals surface area contributed by atoms with Gasteiger partial charge in [0.15, 0.2) is 0 Å². The lowest BCUT2D eigenvalue weighted by atomic mass is 10.2. The van der Waals surface area contributed by atoms with Crippen molar-refractivity contribution in [3.63, 3.8) is 0 Å². The highest BCUT2D eigenvalue weighted by molar-refractivity contribution is 6.20. The number of nitrogens with zero attached hydrogens (tertiary/aromatic N) is 1. The van der Waals surface area contributed by atoms with Crippen molar-refractivity contribution in [3.05, 3.63) is 0 Å². The van der Waals surface area contributed by atoms with E-state index in [-0.39, 0.29) is 0 Å². The predicted octanol–water partition coefficient (Wildman–Crippen LogP) is 2.73. The minimum atomic E-state index is 0.307. The van der Waals surface area contributed by atoms with Crippen LogP contribution in [0, 0.1) is 0 Å². The van der Waals surface area contributed by atoms with Crippen molar-refractivity contribution < 1.29 is 0 Å². The lowest BCUT2D eigenvalue weighted by molar-refractivity contribution is 0.249. The molecule has 0 radical (unpaired) electrons. The lowest BCUT2D eigenvalue weighted by Crippen LogP contribution is -2.30. The molecule has 0 saturated heterocycles. The van der Waals surface area contributed by atoms with Crippen molar-refractivity contribution in [1.82, 2.24) is 4.90 Å². The molecule has 2 unspecified atom stereocenters.